The Morgan fingerprint density at radius 1 is 0.818 bits per heavy atom. The van der Waals surface area contributed by atoms with Crippen molar-refractivity contribution in [3.8, 4) is 22.3 Å². The molecule has 106 valence electrons. The zero-order chi connectivity index (χ0) is 15.1. The van der Waals surface area contributed by atoms with Gasteiger partial charge >= 0.3 is 0 Å². The van der Waals surface area contributed by atoms with Gasteiger partial charge in [0.15, 0.2) is 5.78 Å². The number of carbonyl (C=O) groups is 1. The highest BCUT2D eigenvalue weighted by Crippen LogP contribution is 2.41. The summed E-state index contributed by atoms with van der Waals surface area (Å²) in [6, 6.07) is 23.0. The Bertz CT molecular complexity index is 890. The van der Waals surface area contributed by atoms with E-state index in [0.717, 1.165) is 17.5 Å². The number of rotatable bonds is 2. The van der Waals surface area contributed by atoms with Crippen LogP contribution in [-0.4, -0.2) is 5.78 Å². The van der Waals surface area contributed by atoms with Crippen LogP contribution in [0.3, 0.4) is 0 Å². The summed E-state index contributed by atoms with van der Waals surface area (Å²) in [5, 5.41) is 0. The van der Waals surface area contributed by atoms with Gasteiger partial charge in [-0.3, -0.25) is 4.79 Å². The minimum atomic E-state index is 0.109. The van der Waals surface area contributed by atoms with Crippen LogP contribution in [0.15, 0.2) is 66.7 Å². The van der Waals surface area contributed by atoms with Crippen LogP contribution in [0.25, 0.3) is 22.3 Å². The fraction of sp³-hybridized carbons (Fsp3) is 0.0952. The SMILES string of the molecule is CC(=O)c1cccc(-c2cccc3c2Cc2ccccc2-3)c1. The number of carbonyl (C=O) groups excluding carboxylic acids is 1. The minimum Gasteiger partial charge on any atom is -0.295 e. The van der Waals surface area contributed by atoms with E-state index in [4.69, 9.17) is 0 Å². The van der Waals surface area contributed by atoms with E-state index >= 15 is 0 Å². The fourth-order valence-corrected chi connectivity index (χ4v) is 3.33. The van der Waals surface area contributed by atoms with Crippen molar-refractivity contribution >= 4 is 5.78 Å². The average molecular weight is 284 g/mol. The molecule has 0 N–H and O–H groups in total. The molecule has 0 aromatic heterocycles. The summed E-state index contributed by atoms with van der Waals surface area (Å²) in [7, 11) is 0. The second-order valence-corrected chi connectivity index (χ2v) is 5.80. The monoisotopic (exact) mass is 284 g/mol. The van der Waals surface area contributed by atoms with E-state index in [1.807, 2.05) is 18.2 Å². The Morgan fingerprint density at radius 2 is 1.55 bits per heavy atom. The van der Waals surface area contributed by atoms with Crippen LogP contribution in [0.2, 0.25) is 0 Å². The topological polar surface area (TPSA) is 17.1 Å². The molecule has 3 aromatic rings. The van der Waals surface area contributed by atoms with Crippen LogP contribution in [0.1, 0.15) is 28.4 Å². The molecule has 3 aromatic carbocycles. The molecule has 0 aliphatic heterocycles. The first-order chi connectivity index (χ1) is 10.7. The molecular formula is C21H16O. The first kappa shape index (κ1) is 13.0. The smallest absolute Gasteiger partial charge is 0.159 e. The molecule has 0 radical (unpaired) electrons. The quantitative estimate of drug-likeness (QED) is 0.466. The molecule has 1 nitrogen and oxygen atoms in total. The van der Waals surface area contributed by atoms with Crippen molar-refractivity contribution in [1.82, 2.24) is 0 Å². The van der Waals surface area contributed by atoms with Crippen molar-refractivity contribution in [2.75, 3.05) is 0 Å². The summed E-state index contributed by atoms with van der Waals surface area (Å²) in [5.74, 6) is 0.109. The molecular weight excluding hydrogens is 268 g/mol. The van der Waals surface area contributed by atoms with Gasteiger partial charge < -0.3 is 0 Å². The van der Waals surface area contributed by atoms with Gasteiger partial charge in [0.2, 0.25) is 0 Å². The molecule has 0 atom stereocenters. The molecule has 0 unspecified atom stereocenters. The molecule has 1 aliphatic rings. The van der Waals surface area contributed by atoms with Crippen molar-refractivity contribution in [2.24, 2.45) is 0 Å². The third kappa shape index (κ3) is 1.98. The van der Waals surface area contributed by atoms with E-state index in [1.165, 1.54) is 27.8 Å². The predicted molar refractivity (Wildman–Crippen MR) is 90.1 cm³/mol. The zero-order valence-corrected chi connectivity index (χ0v) is 12.5. The van der Waals surface area contributed by atoms with Crippen molar-refractivity contribution in [1.29, 1.82) is 0 Å². The van der Waals surface area contributed by atoms with Gasteiger partial charge in [0.25, 0.3) is 0 Å². The lowest BCUT2D eigenvalue weighted by Gasteiger charge is -2.10. The van der Waals surface area contributed by atoms with E-state index in [-0.39, 0.29) is 5.78 Å². The maximum Gasteiger partial charge on any atom is 0.159 e. The minimum absolute atomic E-state index is 0.109. The summed E-state index contributed by atoms with van der Waals surface area (Å²) in [5.41, 5.74) is 8.53. The predicted octanol–water partition coefficient (Wildman–Crippen LogP) is 5.13. The molecule has 4 rings (SSSR count). The molecule has 0 saturated heterocycles. The van der Waals surface area contributed by atoms with Crippen LogP contribution in [0.4, 0.5) is 0 Å². The van der Waals surface area contributed by atoms with Crippen LogP contribution in [0.5, 0.6) is 0 Å². The first-order valence-corrected chi connectivity index (χ1v) is 7.55. The van der Waals surface area contributed by atoms with E-state index in [0.29, 0.717) is 0 Å². The maximum absolute atomic E-state index is 11.6. The third-order valence-corrected chi connectivity index (χ3v) is 4.43. The van der Waals surface area contributed by atoms with Crippen molar-refractivity contribution in [2.45, 2.75) is 13.3 Å². The van der Waals surface area contributed by atoms with Gasteiger partial charge in [0.1, 0.15) is 0 Å². The van der Waals surface area contributed by atoms with Crippen molar-refractivity contribution < 1.29 is 4.79 Å². The fourth-order valence-electron chi connectivity index (χ4n) is 3.33. The van der Waals surface area contributed by atoms with Gasteiger partial charge in [0, 0.05) is 5.56 Å². The molecule has 0 spiro atoms. The van der Waals surface area contributed by atoms with Crippen LogP contribution in [-0.2, 0) is 6.42 Å². The van der Waals surface area contributed by atoms with E-state index in [1.54, 1.807) is 6.92 Å². The van der Waals surface area contributed by atoms with Gasteiger partial charge in [-0.15, -0.1) is 0 Å². The Hall–Kier alpha value is -2.67. The highest BCUT2D eigenvalue weighted by molar-refractivity contribution is 5.96. The number of ketones is 1. The van der Waals surface area contributed by atoms with Gasteiger partial charge in [-0.1, -0.05) is 60.7 Å². The first-order valence-electron chi connectivity index (χ1n) is 7.55. The normalized spacial score (nSPS) is 11.9. The summed E-state index contributed by atoms with van der Waals surface area (Å²) in [6.07, 6.45) is 0.964. The highest BCUT2D eigenvalue weighted by Gasteiger charge is 2.21. The highest BCUT2D eigenvalue weighted by atomic mass is 16.1. The third-order valence-electron chi connectivity index (χ3n) is 4.43. The largest absolute Gasteiger partial charge is 0.295 e. The summed E-state index contributed by atoms with van der Waals surface area (Å²) >= 11 is 0. The van der Waals surface area contributed by atoms with Gasteiger partial charge in [-0.05, 0) is 52.8 Å². The number of fused-ring (bicyclic) bond motifs is 3. The second kappa shape index (κ2) is 4.96. The molecule has 1 aliphatic carbocycles. The summed E-state index contributed by atoms with van der Waals surface area (Å²) in [4.78, 5) is 11.6. The number of hydrogen-bond donors (Lipinski definition) is 0. The lowest BCUT2D eigenvalue weighted by atomic mass is 9.94. The zero-order valence-electron chi connectivity index (χ0n) is 12.5. The molecule has 22 heavy (non-hydrogen) atoms. The number of hydrogen-bond acceptors (Lipinski definition) is 1. The molecule has 0 fully saturated rings. The maximum atomic E-state index is 11.6. The molecule has 0 bridgehead atoms. The average Bonchev–Trinajstić information content (AvgIpc) is 2.93. The molecule has 1 heteroatoms. The van der Waals surface area contributed by atoms with E-state index in [9.17, 15) is 4.79 Å². The lowest BCUT2D eigenvalue weighted by Crippen LogP contribution is -1.93. The van der Waals surface area contributed by atoms with E-state index in [2.05, 4.69) is 48.5 Å². The second-order valence-electron chi connectivity index (χ2n) is 5.80. The Kier molecular flexibility index (Phi) is 2.93. The lowest BCUT2D eigenvalue weighted by molar-refractivity contribution is 0.101. The van der Waals surface area contributed by atoms with Gasteiger partial charge in [0.05, 0.1) is 0 Å². The Balaban J connectivity index is 1.89. The Morgan fingerprint density at radius 3 is 2.41 bits per heavy atom. The number of benzene rings is 3. The molecule has 0 saturated carbocycles. The summed E-state index contributed by atoms with van der Waals surface area (Å²) < 4.78 is 0. The number of Topliss-reactive ketones (excluding diaryl/α,β-unsaturated/α-hetero) is 1. The van der Waals surface area contributed by atoms with Gasteiger partial charge in [-0.2, -0.15) is 0 Å². The summed E-state index contributed by atoms with van der Waals surface area (Å²) in [6.45, 7) is 1.62. The molecule has 0 amide bonds. The van der Waals surface area contributed by atoms with Crippen molar-refractivity contribution in [3.63, 3.8) is 0 Å². The van der Waals surface area contributed by atoms with Crippen LogP contribution < -0.4 is 0 Å². The van der Waals surface area contributed by atoms with E-state index < -0.39 is 0 Å². The van der Waals surface area contributed by atoms with Crippen molar-refractivity contribution in [3.05, 3.63) is 83.4 Å². The van der Waals surface area contributed by atoms with Crippen LogP contribution >= 0.6 is 0 Å². The van der Waals surface area contributed by atoms with Gasteiger partial charge in [-0.25, -0.2) is 0 Å². The molecule has 0 heterocycles. The Labute approximate surface area is 130 Å². The standard InChI is InChI=1S/C21H16O/c1-14(22)15-7-4-8-16(12-15)19-10-5-11-20-18-9-3-2-6-17(18)13-21(19)20/h2-12H,13H2,1H3. The van der Waals surface area contributed by atoms with Crippen LogP contribution in [0, 0.1) is 0 Å².